The molecule has 1 aliphatic rings. The molecule has 0 aliphatic carbocycles. The smallest absolute Gasteiger partial charge is 0.301 e. The Labute approximate surface area is 126 Å². The molecule has 0 saturated carbocycles. The molecule has 1 saturated heterocycles. The number of nitrogens with one attached hydrogen (secondary N) is 2. The highest BCUT2D eigenvalue weighted by Crippen LogP contribution is 2.26. The molecule has 2 rings (SSSR count). The summed E-state index contributed by atoms with van der Waals surface area (Å²) in [7, 11) is -0.0773. The van der Waals surface area contributed by atoms with Gasteiger partial charge in [-0.15, -0.1) is 0 Å². The van der Waals surface area contributed by atoms with E-state index in [-0.39, 0.29) is 0 Å². The van der Waals surface area contributed by atoms with Gasteiger partial charge in [-0.25, -0.2) is 0 Å². The minimum absolute atomic E-state index is 0.470. The van der Waals surface area contributed by atoms with Gasteiger partial charge in [0, 0.05) is 13.1 Å². The Balaban J connectivity index is 2.02. The summed E-state index contributed by atoms with van der Waals surface area (Å²) in [5.74, 6) is 1.07. The minimum Gasteiger partial charge on any atom is -0.495 e. The lowest BCUT2D eigenvalue weighted by Gasteiger charge is -2.31. The van der Waals surface area contributed by atoms with Crippen molar-refractivity contribution in [2.24, 2.45) is 5.92 Å². The van der Waals surface area contributed by atoms with Crippen LogP contribution in [0.15, 0.2) is 24.3 Å². The van der Waals surface area contributed by atoms with Crippen LogP contribution in [-0.4, -0.2) is 46.5 Å². The number of nitrogens with zero attached hydrogens (tertiary/aromatic N) is 1. The highest BCUT2D eigenvalue weighted by Gasteiger charge is 2.28. The summed E-state index contributed by atoms with van der Waals surface area (Å²) in [6.45, 7) is 2.04. The Morgan fingerprint density at radius 1 is 1.29 bits per heavy atom. The standard InChI is InChI=1S/C14H23N3O3S/c1-15-11-12-7-9-17(10-8-12)21(18,19)16-13-5-3-4-6-14(13)20-2/h3-6,12,15-16H,7-11H2,1-2H3. The maximum Gasteiger partial charge on any atom is 0.301 e. The molecule has 6 nitrogen and oxygen atoms in total. The van der Waals surface area contributed by atoms with Gasteiger partial charge in [0.05, 0.1) is 12.8 Å². The molecule has 0 bridgehead atoms. The Morgan fingerprint density at radius 3 is 2.57 bits per heavy atom. The molecule has 2 N–H and O–H groups in total. The minimum atomic E-state index is -3.52. The van der Waals surface area contributed by atoms with Crippen molar-refractivity contribution in [3.05, 3.63) is 24.3 Å². The summed E-state index contributed by atoms with van der Waals surface area (Å²) < 4.78 is 34.2. The lowest BCUT2D eigenvalue weighted by molar-refractivity contribution is 0.272. The Bertz CT molecular complexity index is 554. The van der Waals surface area contributed by atoms with Crippen molar-refractivity contribution in [3.8, 4) is 5.75 Å². The zero-order valence-corrected chi connectivity index (χ0v) is 13.3. The summed E-state index contributed by atoms with van der Waals surface area (Å²) >= 11 is 0. The van der Waals surface area contributed by atoms with Crippen LogP contribution in [0.2, 0.25) is 0 Å². The van der Waals surface area contributed by atoms with E-state index in [4.69, 9.17) is 4.74 Å². The van der Waals surface area contributed by atoms with Crippen molar-refractivity contribution in [2.45, 2.75) is 12.8 Å². The molecule has 1 aromatic rings. The van der Waals surface area contributed by atoms with Crippen molar-refractivity contribution in [3.63, 3.8) is 0 Å². The summed E-state index contributed by atoms with van der Waals surface area (Å²) in [6, 6.07) is 7.01. The van der Waals surface area contributed by atoms with Gasteiger partial charge in [0.15, 0.2) is 0 Å². The first-order chi connectivity index (χ1) is 10.1. The van der Waals surface area contributed by atoms with Crippen LogP contribution in [-0.2, 0) is 10.2 Å². The fraction of sp³-hybridized carbons (Fsp3) is 0.571. The maximum absolute atomic E-state index is 12.4. The SMILES string of the molecule is CNCC1CCN(S(=O)(=O)Nc2ccccc2OC)CC1. The van der Waals surface area contributed by atoms with E-state index in [1.807, 2.05) is 7.05 Å². The average molecular weight is 313 g/mol. The molecule has 7 heteroatoms. The van der Waals surface area contributed by atoms with E-state index in [0.29, 0.717) is 30.4 Å². The molecule has 1 fully saturated rings. The molecule has 0 radical (unpaired) electrons. The normalized spacial score (nSPS) is 17.6. The Kier molecular flexibility index (Phi) is 5.44. The molecule has 0 unspecified atom stereocenters. The van der Waals surface area contributed by atoms with Crippen LogP contribution < -0.4 is 14.8 Å². The summed E-state index contributed by atoms with van der Waals surface area (Å²) in [6.07, 6.45) is 1.77. The zero-order valence-electron chi connectivity index (χ0n) is 12.5. The number of benzene rings is 1. The van der Waals surface area contributed by atoms with Gasteiger partial charge < -0.3 is 10.1 Å². The summed E-state index contributed by atoms with van der Waals surface area (Å²) in [5, 5.41) is 3.15. The Morgan fingerprint density at radius 2 is 1.95 bits per heavy atom. The van der Waals surface area contributed by atoms with E-state index < -0.39 is 10.2 Å². The van der Waals surface area contributed by atoms with E-state index in [9.17, 15) is 8.42 Å². The molecular formula is C14H23N3O3S. The van der Waals surface area contributed by atoms with Gasteiger partial charge in [-0.1, -0.05) is 12.1 Å². The van der Waals surface area contributed by atoms with Crippen LogP contribution in [0.1, 0.15) is 12.8 Å². The maximum atomic E-state index is 12.4. The van der Waals surface area contributed by atoms with Crippen LogP contribution in [0.25, 0.3) is 0 Å². The molecule has 0 spiro atoms. The summed E-state index contributed by atoms with van der Waals surface area (Å²) in [5.41, 5.74) is 0.470. The Hall–Kier alpha value is -1.31. The predicted molar refractivity (Wildman–Crippen MR) is 83.8 cm³/mol. The number of rotatable bonds is 6. The first-order valence-electron chi connectivity index (χ1n) is 7.12. The molecule has 1 aliphatic heterocycles. The van der Waals surface area contributed by atoms with Crippen LogP contribution in [0.3, 0.4) is 0 Å². The molecule has 118 valence electrons. The average Bonchev–Trinajstić information content (AvgIpc) is 2.48. The lowest BCUT2D eigenvalue weighted by Crippen LogP contribution is -2.43. The number of para-hydroxylation sites is 2. The van der Waals surface area contributed by atoms with Crippen LogP contribution in [0.5, 0.6) is 5.75 Å². The van der Waals surface area contributed by atoms with Crippen molar-refractivity contribution in [1.82, 2.24) is 9.62 Å². The van der Waals surface area contributed by atoms with Crippen molar-refractivity contribution in [1.29, 1.82) is 0 Å². The van der Waals surface area contributed by atoms with Gasteiger partial charge in [-0.3, -0.25) is 4.72 Å². The number of hydrogen-bond acceptors (Lipinski definition) is 4. The number of methoxy groups -OCH3 is 1. The second-order valence-electron chi connectivity index (χ2n) is 5.21. The molecule has 1 heterocycles. The predicted octanol–water partition coefficient (Wildman–Crippen LogP) is 1.28. The van der Waals surface area contributed by atoms with Gasteiger partial charge in [0.25, 0.3) is 0 Å². The topological polar surface area (TPSA) is 70.7 Å². The molecule has 0 amide bonds. The molecule has 1 aromatic carbocycles. The number of piperidine rings is 1. The number of ether oxygens (including phenoxy) is 1. The second-order valence-corrected chi connectivity index (χ2v) is 6.88. The summed E-state index contributed by atoms with van der Waals surface area (Å²) in [4.78, 5) is 0. The highest BCUT2D eigenvalue weighted by molar-refractivity contribution is 7.90. The molecular weight excluding hydrogens is 290 g/mol. The van der Waals surface area contributed by atoms with Gasteiger partial charge >= 0.3 is 10.2 Å². The van der Waals surface area contributed by atoms with Gasteiger partial charge in [0.1, 0.15) is 5.75 Å². The van der Waals surface area contributed by atoms with E-state index in [1.54, 1.807) is 24.3 Å². The van der Waals surface area contributed by atoms with Crippen LogP contribution >= 0.6 is 0 Å². The van der Waals surface area contributed by atoms with Crippen molar-refractivity contribution >= 4 is 15.9 Å². The lowest BCUT2D eigenvalue weighted by atomic mass is 9.98. The molecule has 0 atom stereocenters. The van der Waals surface area contributed by atoms with E-state index in [1.165, 1.54) is 11.4 Å². The van der Waals surface area contributed by atoms with Crippen molar-refractivity contribution < 1.29 is 13.2 Å². The third-order valence-electron chi connectivity index (χ3n) is 3.75. The largest absolute Gasteiger partial charge is 0.495 e. The van der Waals surface area contributed by atoms with Gasteiger partial charge in [0.2, 0.25) is 0 Å². The van der Waals surface area contributed by atoms with Crippen LogP contribution in [0, 0.1) is 5.92 Å². The fourth-order valence-corrected chi connectivity index (χ4v) is 3.84. The van der Waals surface area contributed by atoms with Gasteiger partial charge in [-0.05, 0) is 44.5 Å². The quantitative estimate of drug-likeness (QED) is 0.830. The monoisotopic (exact) mass is 313 g/mol. The third kappa shape index (κ3) is 4.09. The third-order valence-corrected chi connectivity index (χ3v) is 5.27. The first kappa shape index (κ1) is 16.1. The highest BCUT2D eigenvalue weighted by atomic mass is 32.2. The zero-order chi connectivity index (χ0) is 15.3. The van der Waals surface area contributed by atoms with E-state index >= 15 is 0 Å². The fourth-order valence-electron chi connectivity index (χ4n) is 2.57. The molecule has 21 heavy (non-hydrogen) atoms. The van der Waals surface area contributed by atoms with Gasteiger partial charge in [-0.2, -0.15) is 12.7 Å². The van der Waals surface area contributed by atoms with Crippen molar-refractivity contribution in [2.75, 3.05) is 38.5 Å². The molecule has 0 aromatic heterocycles. The second kappa shape index (κ2) is 7.11. The van der Waals surface area contributed by atoms with E-state index in [0.717, 1.165) is 19.4 Å². The van der Waals surface area contributed by atoms with Crippen LogP contribution in [0.4, 0.5) is 5.69 Å². The number of hydrogen-bond donors (Lipinski definition) is 2. The number of anilines is 1. The first-order valence-corrected chi connectivity index (χ1v) is 8.56. The van der Waals surface area contributed by atoms with E-state index in [2.05, 4.69) is 10.0 Å².